The topological polar surface area (TPSA) is 68.8 Å². The van der Waals surface area contributed by atoms with E-state index in [0.29, 0.717) is 0 Å². The highest BCUT2D eigenvalue weighted by atomic mass is 16.3. The normalized spacial score (nSPS) is 12.3. The monoisotopic (exact) mass is 283 g/mol. The van der Waals surface area contributed by atoms with Crippen LogP contribution >= 0.6 is 0 Å². The molecule has 0 saturated carbocycles. The van der Waals surface area contributed by atoms with Gasteiger partial charge >= 0.3 is 0 Å². The average molecular weight is 283 g/mol. The zero-order valence-electron chi connectivity index (χ0n) is 12.0. The van der Waals surface area contributed by atoms with Crippen molar-refractivity contribution in [3.63, 3.8) is 0 Å². The number of hydrogen-bond donors (Lipinski definition) is 1. The lowest BCUT2D eigenvalue weighted by Gasteiger charge is -2.17. The summed E-state index contributed by atoms with van der Waals surface area (Å²) in [6.45, 7) is 4.21. The van der Waals surface area contributed by atoms with Gasteiger partial charge in [0.1, 0.15) is 12.1 Å². The zero-order valence-corrected chi connectivity index (χ0v) is 12.0. The number of hydrogen-bond acceptors (Lipinski definition) is 5. The van der Waals surface area contributed by atoms with Crippen LogP contribution in [0.3, 0.4) is 0 Å². The van der Waals surface area contributed by atoms with E-state index in [-0.39, 0.29) is 6.04 Å². The van der Waals surface area contributed by atoms with Crippen LogP contribution < -0.4 is 5.32 Å². The summed E-state index contributed by atoms with van der Waals surface area (Å²) in [5.41, 5.74) is 3.18. The Morgan fingerprint density at radius 3 is 2.95 bits per heavy atom. The van der Waals surface area contributed by atoms with E-state index in [1.165, 1.54) is 5.56 Å². The van der Waals surface area contributed by atoms with Crippen LogP contribution in [0.2, 0.25) is 0 Å². The van der Waals surface area contributed by atoms with Crippen LogP contribution in [-0.2, 0) is 6.42 Å². The Kier molecular flexibility index (Phi) is 3.68. The minimum absolute atomic E-state index is 0.263. The van der Waals surface area contributed by atoms with Crippen LogP contribution in [0.5, 0.6) is 0 Å². The molecule has 0 amide bonds. The third-order valence-electron chi connectivity index (χ3n) is 3.32. The van der Waals surface area contributed by atoms with Crippen LogP contribution in [0.25, 0.3) is 5.69 Å². The highest BCUT2D eigenvalue weighted by Crippen LogP contribution is 2.20. The number of nitrogens with one attached hydrogen (secondary N) is 1. The first-order valence-corrected chi connectivity index (χ1v) is 6.85. The van der Waals surface area contributed by atoms with Crippen molar-refractivity contribution in [1.29, 1.82) is 0 Å². The highest BCUT2D eigenvalue weighted by molar-refractivity contribution is 5.57. The van der Waals surface area contributed by atoms with Gasteiger partial charge in [-0.1, -0.05) is 6.07 Å². The Morgan fingerprint density at radius 1 is 1.33 bits per heavy atom. The van der Waals surface area contributed by atoms with Crippen molar-refractivity contribution in [2.45, 2.75) is 26.3 Å². The summed E-state index contributed by atoms with van der Waals surface area (Å²) < 4.78 is 7.02. The molecule has 6 nitrogen and oxygen atoms in total. The molecule has 2 aromatic heterocycles. The first-order chi connectivity index (χ1) is 10.2. The van der Waals surface area contributed by atoms with Crippen molar-refractivity contribution < 1.29 is 4.42 Å². The lowest BCUT2D eigenvalue weighted by molar-refractivity contribution is 0.497. The molecule has 1 atom stereocenters. The number of tetrazole rings is 1. The van der Waals surface area contributed by atoms with E-state index in [4.69, 9.17) is 4.42 Å². The van der Waals surface area contributed by atoms with Gasteiger partial charge in [0.25, 0.3) is 0 Å². The summed E-state index contributed by atoms with van der Waals surface area (Å²) in [5.74, 6) is 0.976. The average Bonchev–Trinajstić information content (AvgIpc) is 3.14. The molecule has 0 saturated heterocycles. The van der Waals surface area contributed by atoms with Crippen LogP contribution in [0.4, 0.5) is 5.69 Å². The third-order valence-corrected chi connectivity index (χ3v) is 3.32. The summed E-state index contributed by atoms with van der Waals surface area (Å²) in [5, 5.41) is 14.7. The lowest BCUT2D eigenvalue weighted by Crippen LogP contribution is -2.18. The van der Waals surface area contributed by atoms with Crippen molar-refractivity contribution in [2.75, 3.05) is 5.32 Å². The second kappa shape index (κ2) is 5.78. The van der Waals surface area contributed by atoms with Gasteiger partial charge < -0.3 is 9.73 Å². The molecule has 1 aromatic carbocycles. The predicted octanol–water partition coefficient (Wildman–Crippen LogP) is 2.61. The van der Waals surface area contributed by atoms with Crippen LogP contribution in [0.1, 0.15) is 18.2 Å². The van der Waals surface area contributed by atoms with Crippen molar-refractivity contribution in [2.24, 2.45) is 0 Å². The van der Waals surface area contributed by atoms with Crippen molar-refractivity contribution in [3.05, 3.63) is 54.2 Å². The molecule has 0 radical (unpaired) electrons. The Morgan fingerprint density at radius 2 is 2.24 bits per heavy atom. The van der Waals surface area contributed by atoms with Crippen LogP contribution in [0, 0.1) is 6.92 Å². The Hall–Kier alpha value is -2.63. The number of nitrogens with zero attached hydrogens (tertiary/aromatic N) is 4. The second-order valence-electron chi connectivity index (χ2n) is 5.08. The van der Waals surface area contributed by atoms with Gasteiger partial charge in [0.05, 0.1) is 12.0 Å². The lowest BCUT2D eigenvalue weighted by atomic mass is 10.1. The summed E-state index contributed by atoms with van der Waals surface area (Å²) in [6, 6.07) is 10.3. The van der Waals surface area contributed by atoms with E-state index >= 15 is 0 Å². The summed E-state index contributed by atoms with van der Waals surface area (Å²) in [4.78, 5) is 0. The van der Waals surface area contributed by atoms with E-state index in [2.05, 4.69) is 40.8 Å². The molecule has 3 rings (SSSR count). The fourth-order valence-corrected chi connectivity index (χ4v) is 2.23. The molecule has 1 unspecified atom stereocenters. The third kappa shape index (κ3) is 3.10. The van der Waals surface area contributed by atoms with Gasteiger partial charge in [0.15, 0.2) is 0 Å². The number of aromatic nitrogens is 4. The summed E-state index contributed by atoms with van der Waals surface area (Å²) >= 11 is 0. The predicted molar refractivity (Wildman–Crippen MR) is 79.4 cm³/mol. The fraction of sp³-hybridized carbons (Fsp3) is 0.267. The molecule has 21 heavy (non-hydrogen) atoms. The second-order valence-corrected chi connectivity index (χ2v) is 5.08. The van der Waals surface area contributed by atoms with E-state index in [0.717, 1.165) is 23.6 Å². The molecule has 0 aliphatic heterocycles. The zero-order chi connectivity index (χ0) is 14.7. The largest absolute Gasteiger partial charge is 0.469 e. The van der Waals surface area contributed by atoms with Gasteiger partial charge in [-0.05, 0) is 54.1 Å². The smallest absolute Gasteiger partial charge is 0.143 e. The van der Waals surface area contributed by atoms with E-state index in [1.807, 2.05) is 24.3 Å². The SMILES string of the molecule is Cc1ccc(-n2cnnn2)cc1NC(C)Cc1ccco1. The number of furan rings is 1. The molecule has 2 heterocycles. The van der Waals surface area contributed by atoms with Gasteiger partial charge in [0, 0.05) is 18.2 Å². The van der Waals surface area contributed by atoms with Gasteiger partial charge in [-0.25, -0.2) is 4.68 Å². The Balaban J connectivity index is 1.76. The maximum Gasteiger partial charge on any atom is 0.143 e. The van der Waals surface area contributed by atoms with Crippen molar-refractivity contribution in [1.82, 2.24) is 20.2 Å². The molecule has 3 aromatic rings. The minimum atomic E-state index is 0.263. The molecule has 0 spiro atoms. The van der Waals surface area contributed by atoms with E-state index < -0.39 is 0 Å². The molecule has 6 heteroatoms. The standard InChI is InChI=1S/C15H17N5O/c1-11-5-6-13(20-10-16-18-19-20)9-15(11)17-12(2)8-14-4-3-7-21-14/h3-7,9-10,12,17H,8H2,1-2H3. The van der Waals surface area contributed by atoms with E-state index in [9.17, 15) is 0 Å². The fourth-order valence-electron chi connectivity index (χ4n) is 2.23. The molecular weight excluding hydrogens is 266 g/mol. The van der Waals surface area contributed by atoms with Crippen molar-refractivity contribution in [3.8, 4) is 5.69 Å². The Bertz CT molecular complexity index is 691. The summed E-state index contributed by atoms with van der Waals surface area (Å²) in [7, 11) is 0. The van der Waals surface area contributed by atoms with Crippen LogP contribution in [0.15, 0.2) is 47.3 Å². The Labute approximate surface area is 122 Å². The van der Waals surface area contributed by atoms with E-state index in [1.54, 1.807) is 17.3 Å². The van der Waals surface area contributed by atoms with Gasteiger partial charge in [0.2, 0.25) is 0 Å². The summed E-state index contributed by atoms with van der Waals surface area (Å²) in [6.07, 6.45) is 4.12. The van der Waals surface area contributed by atoms with Gasteiger partial charge in [-0.3, -0.25) is 0 Å². The number of anilines is 1. The van der Waals surface area contributed by atoms with Gasteiger partial charge in [-0.15, -0.1) is 5.10 Å². The van der Waals surface area contributed by atoms with Gasteiger partial charge in [-0.2, -0.15) is 0 Å². The first-order valence-electron chi connectivity index (χ1n) is 6.85. The highest BCUT2D eigenvalue weighted by Gasteiger charge is 2.09. The number of rotatable bonds is 5. The maximum absolute atomic E-state index is 5.38. The first kappa shape index (κ1) is 13.4. The molecular formula is C15H17N5O. The molecule has 1 N–H and O–H groups in total. The number of benzene rings is 1. The molecule has 0 aliphatic carbocycles. The maximum atomic E-state index is 5.38. The minimum Gasteiger partial charge on any atom is -0.469 e. The van der Waals surface area contributed by atoms with Crippen molar-refractivity contribution >= 4 is 5.69 Å². The molecule has 0 fully saturated rings. The number of aryl methyl sites for hydroxylation is 1. The molecule has 108 valence electrons. The van der Waals surface area contributed by atoms with Crippen LogP contribution in [-0.4, -0.2) is 26.2 Å². The quantitative estimate of drug-likeness (QED) is 0.779. The molecule has 0 bridgehead atoms. The molecule has 0 aliphatic rings.